The molecule has 2 aromatic carbocycles. The Hall–Kier alpha value is -4.57. The molecule has 34 heavy (non-hydrogen) atoms. The highest BCUT2D eigenvalue weighted by Gasteiger charge is 2.25. The zero-order chi connectivity index (χ0) is 22.7. The molecule has 1 aliphatic heterocycles. The molecule has 5 aromatic rings. The summed E-state index contributed by atoms with van der Waals surface area (Å²) in [6.07, 6.45) is 6.37. The third-order valence-corrected chi connectivity index (χ3v) is 6.04. The molecule has 0 saturated carbocycles. The maximum Gasteiger partial charge on any atom is 0.225 e. The fourth-order valence-electron chi connectivity index (χ4n) is 4.27. The number of aromatic nitrogens is 6. The molecule has 1 unspecified atom stereocenters. The number of aromatic amines is 1. The number of hydrogen-bond acceptors (Lipinski definition) is 6. The van der Waals surface area contributed by atoms with Gasteiger partial charge in [-0.3, -0.25) is 5.10 Å². The van der Waals surface area contributed by atoms with Crippen LogP contribution in [0.3, 0.4) is 0 Å². The van der Waals surface area contributed by atoms with Crippen LogP contribution in [0.25, 0.3) is 22.4 Å². The number of H-pyrrole nitrogens is 1. The second-order valence-corrected chi connectivity index (χ2v) is 8.27. The van der Waals surface area contributed by atoms with Gasteiger partial charge in [0.25, 0.3) is 0 Å². The highest BCUT2D eigenvalue weighted by atomic mass is 15.3. The van der Waals surface area contributed by atoms with E-state index in [1.165, 1.54) is 5.56 Å². The molecule has 164 valence electrons. The van der Waals surface area contributed by atoms with Crippen molar-refractivity contribution in [3.05, 3.63) is 96.1 Å². The van der Waals surface area contributed by atoms with Crippen molar-refractivity contribution in [3.8, 4) is 23.4 Å². The average Bonchev–Trinajstić information content (AvgIpc) is 3.58. The van der Waals surface area contributed by atoms with E-state index in [0.29, 0.717) is 29.1 Å². The molecular formula is C27H21N7. The summed E-state index contributed by atoms with van der Waals surface area (Å²) in [5.74, 6) is 8.06. The summed E-state index contributed by atoms with van der Waals surface area (Å²) in [7, 11) is 0. The largest absolute Gasteiger partial charge is 0.340 e. The molecule has 3 aromatic heterocycles. The lowest BCUT2D eigenvalue weighted by molar-refractivity contribution is 0.773. The number of nitrogens with zero attached hydrogens (tertiary/aromatic N) is 6. The van der Waals surface area contributed by atoms with Gasteiger partial charge in [-0.15, -0.1) is 0 Å². The van der Waals surface area contributed by atoms with Crippen LogP contribution in [0.4, 0.5) is 5.95 Å². The van der Waals surface area contributed by atoms with E-state index in [1.807, 2.05) is 24.3 Å². The van der Waals surface area contributed by atoms with Crippen LogP contribution >= 0.6 is 0 Å². The van der Waals surface area contributed by atoms with E-state index < -0.39 is 0 Å². The van der Waals surface area contributed by atoms with Gasteiger partial charge in [-0.1, -0.05) is 36.3 Å². The van der Waals surface area contributed by atoms with Crippen molar-refractivity contribution in [2.75, 3.05) is 18.0 Å². The average molecular weight is 444 g/mol. The van der Waals surface area contributed by atoms with Crippen LogP contribution < -0.4 is 4.90 Å². The first-order valence-corrected chi connectivity index (χ1v) is 11.2. The number of nitrogens with one attached hydrogen (secondary N) is 1. The minimum absolute atomic E-state index is 0.490. The Labute approximate surface area is 197 Å². The lowest BCUT2D eigenvalue weighted by Crippen LogP contribution is -2.21. The lowest BCUT2D eigenvalue weighted by atomic mass is 9.99. The third-order valence-electron chi connectivity index (χ3n) is 6.04. The van der Waals surface area contributed by atoms with Gasteiger partial charge >= 0.3 is 0 Å². The molecule has 4 heterocycles. The van der Waals surface area contributed by atoms with E-state index in [-0.39, 0.29) is 0 Å². The summed E-state index contributed by atoms with van der Waals surface area (Å²) in [6.45, 7) is 1.83. The van der Waals surface area contributed by atoms with Gasteiger partial charge in [0.15, 0.2) is 5.82 Å². The Bertz CT molecular complexity index is 1510. The maximum absolute atomic E-state index is 4.77. The summed E-state index contributed by atoms with van der Waals surface area (Å²) in [5.41, 5.74) is 4.59. The number of fused-ring (bicyclic) bond motifs is 1. The van der Waals surface area contributed by atoms with Crippen molar-refractivity contribution < 1.29 is 0 Å². The number of benzene rings is 2. The second-order valence-electron chi connectivity index (χ2n) is 8.27. The first-order chi connectivity index (χ1) is 16.8. The Morgan fingerprint density at radius 1 is 0.912 bits per heavy atom. The highest BCUT2D eigenvalue weighted by molar-refractivity contribution is 5.79. The van der Waals surface area contributed by atoms with Gasteiger partial charge in [-0.2, -0.15) is 5.10 Å². The fraction of sp³-hybridized carbons (Fsp3) is 0.148. The first-order valence-electron chi connectivity index (χ1n) is 11.2. The normalized spacial score (nSPS) is 15.3. The van der Waals surface area contributed by atoms with Crippen LogP contribution in [0.1, 0.15) is 29.2 Å². The van der Waals surface area contributed by atoms with E-state index in [9.17, 15) is 0 Å². The predicted octanol–water partition coefficient (Wildman–Crippen LogP) is 4.20. The Kier molecular flexibility index (Phi) is 5.17. The molecule has 0 spiro atoms. The molecule has 1 N–H and O–H groups in total. The summed E-state index contributed by atoms with van der Waals surface area (Å²) in [5, 5.41) is 8.03. The molecule has 1 aliphatic rings. The molecule has 1 fully saturated rings. The van der Waals surface area contributed by atoms with Crippen molar-refractivity contribution in [1.82, 2.24) is 30.1 Å². The molecule has 0 radical (unpaired) electrons. The van der Waals surface area contributed by atoms with E-state index in [1.54, 1.807) is 24.7 Å². The quantitative estimate of drug-likeness (QED) is 0.421. The van der Waals surface area contributed by atoms with Gasteiger partial charge in [0.1, 0.15) is 11.4 Å². The number of rotatable bonds is 3. The van der Waals surface area contributed by atoms with E-state index in [0.717, 1.165) is 36.0 Å². The van der Waals surface area contributed by atoms with Gasteiger partial charge in [-0.05, 0) is 48.2 Å². The highest BCUT2D eigenvalue weighted by Crippen LogP contribution is 2.29. The minimum Gasteiger partial charge on any atom is -0.340 e. The molecule has 6 rings (SSSR count). The first kappa shape index (κ1) is 20.1. The number of anilines is 1. The van der Waals surface area contributed by atoms with Crippen LogP contribution in [0.2, 0.25) is 0 Å². The Balaban J connectivity index is 1.22. The van der Waals surface area contributed by atoms with Gasteiger partial charge in [0.05, 0.1) is 11.7 Å². The van der Waals surface area contributed by atoms with Crippen molar-refractivity contribution in [2.45, 2.75) is 12.3 Å². The van der Waals surface area contributed by atoms with Crippen LogP contribution in [-0.4, -0.2) is 43.2 Å². The Morgan fingerprint density at radius 2 is 1.82 bits per heavy atom. The maximum atomic E-state index is 4.77. The predicted molar refractivity (Wildman–Crippen MR) is 131 cm³/mol. The summed E-state index contributed by atoms with van der Waals surface area (Å²) >= 11 is 0. The monoisotopic (exact) mass is 443 g/mol. The molecule has 0 amide bonds. The van der Waals surface area contributed by atoms with Gasteiger partial charge in [0.2, 0.25) is 5.95 Å². The number of hydrogen-bond donors (Lipinski definition) is 1. The minimum atomic E-state index is 0.490. The molecule has 0 aliphatic carbocycles. The van der Waals surface area contributed by atoms with Crippen molar-refractivity contribution in [1.29, 1.82) is 0 Å². The standard InChI is InChI=1S/C27H21N7/c1-2-4-20(5-3-1)21-12-15-34(18-21)27-29-14-11-25(32-27)26-28-13-10-23(31-26)8-6-19-7-9-24-22(16-19)17-30-33-24/h1-5,7,9-11,13-14,16-17,21H,12,15,18H2,(H,30,33). The smallest absolute Gasteiger partial charge is 0.225 e. The molecule has 1 saturated heterocycles. The van der Waals surface area contributed by atoms with Crippen LogP contribution in [0.5, 0.6) is 0 Å². The zero-order valence-electron chi connectivity index (χ0n) is 18.4. The van der Waals surface area contributed by atoms with Crippen molar-refractivity contribution >= 4 is 16.9 Å². The molecule has 0 bridgehead atoms. The molecular weight excluding hydrogens is 422 g/mol. The summed E-state index contributed by atoms with van der Waals surface area (Å²) < 4.78 is 0. The van der Waals surface area contributed by atoms with Crippen molar-refractivity contribution in [3.63, 3.8) is 0 Å². The van der Waals surface area contributed by atoms with Crippen LogP contribution in [0.15, 0.2) is 79.3 Å². The summed E-state index contributed by atoms with van der Waals surface area (Å²) in [4.78, 5) is 20.6. The SMILES string of the molecule is C(#Cc1ccnc(-c2ccnc(N3CCC(c4ccccc4)C3)n2)n1)c1ccc2[nH]ncc2c1. The summed E-state index contributed by atoms with van der Waals surface area (Å²) in [6, 6.07) is 20.2. The van der Waals surface area contributed by atoms with Gasteiger partial charge in [-0.25, -0.2) is 19.9 Å². The van der Waals surface area contributed by atoms with Crippen LogP contribution in [0, 0.1) is 11.8 Å². The fourth-order valence-corrected chi connectivity index (χ4v) is 4.27. The second kappa shape index (κ2) is 8.75. The molecule has 7 nitrogen and oxygen atoms in total. The third kappa shape index (κ3) is 4.09. The Morgan fingerprint density at radius 3 is 2.76 bits per heavy atom. The topological polar surface area (TPSA) is 83.5 Å². The van der Waals surface area contributed by atoms with Crippen molar-refractivity contribution in [2.24, 2.45) is 0 Å². The molecule has 7 heteroatoms. The lowest BCUT2D eigenvalue weighted by Gasteiger charge is -2.17. The zero-order valence-corrected chi connectivity index (χ0v) is 18.4. The van der Waals surface area contributed by atoms with Gasteiger partial charge < -0.3 is 4.90 Å². The van der Waals surface area contributed by atoms with E-state index >= 15 is 0 Å². The molecule has 1 atom stereocenters. The van der Waals surface area contributed by atoms with Crippen LogP contribution in [-0.2, 0) is 0 Å². The van der Waals surface area contributed by atoms with Gasteiger partial charge in [0, 0.05) is 42.4 Å². The van der Waals surface area contributed by atoms with E-state index in [2.05, 4.69) is 72.2 Å². The van der Waals surface area contributed by atoms with E-state index in [4.69, 9.17) is 4.98 Å².